The molecule has 1 atom stereocenters. The maximum atomic E-state index is 13.3. The fraction of sp³-hybridized carbons (Fsp3) is 0.348. The second-order valence-corrected chi connectivity index (χ2v) is 11.3. The number of carbonyl (C=O) groups is 1. The summed E-state index contributed by atoms with van der Waals surface area (Å²) < 4.78 is 27.5. The zero-order valence-electron chi connectivity index (χ0n) is 18.9. The molecular weight excluding hydrogens is 454 g/mol. The average molecular weight is 480 g/mol. The van der Waals surface area contributed by atoms with Crippen LogP contribution in [-0.4, -0.2) is 51.3 Å². The highest BCUT2D eigenvalue weighted by molar-refractivity contribution is 7.90. The number of anilines is 1. The molecule has 3 aliphatic rings. The standard InChI is InChI=1S/C23H25N7O3S/c1-13(14-3-4-14)29-10-16-5-15(6-20(34(2,32)33)21(16)23(29)31)19-9-25-22-18(24)11-28(12-30(19)22)17-7-26-27-8-17/h5-9,11,13-14H,3-4,10,12,24H2,1-2H3,(H,26,27)/t13-/m0/s1. The Kier molecular flexibility index (Phi) is 4.44. The topological polar surface area (TPSA) is 130 Å². The van der Waals surface area contributed by atoms with Gasteiger partial charge < -0.3 is 20.1 Å². The summed E-state index contributed by atoms with van der Waals surface area (Å²) in [6.45, 7) is 2.89. The summed E-state index contributed by atoms with van der Waals surface area (Å²) in [6, 6.07) is 3.60. The molecule has 1 aliphatic carbocycles. The molecule has 0 spiro atoms. The number of H-pyrrole nitrogens is 1. The van der Waals surface area contributed by atoms with Gasteiger partial charge in [0, 0.05) is 36.8 Å². The summed E-state index contributed by atoms with van der Waals surface area (Å²) in [6.07, 6.45) is 10.3. The molecule has 0 bridgehead atoms. The van der Waals surface area contributed by atoms with Crippen LogP contribution in [0.1, 0.15) is 41.5 Å². The number of carbonyl (C=O) groups excluding carboxylic acids is 1. The highest BCUT2D eigenvalue weighted by Crippen LogP contribution is 2.41. The van der Waals surface area contributed by atoms with E-state index in [9.17, 15) is 13.2 Å². The number of rotatable bonds is 5. The first-order valence-electron chi connectivity index (χ1n) is 11.2. The number of hydrogen-bond donors (Lipinski definition) is 2. The molecule has 3 aromatic rings. The Morgan fingerprint density at radius 1 is 1.24 bits per heavy atom. The minimum Gasteiger partial charge on any atom is -0.395 e. The van der Waals surface area contributed by atoms with Crippen LogP contribution < -0.4 is 10.6 Å². The highest BCUT2D eigenvalue weighted by atomic mass is 32.2. The SMILES string of the molecule is C[C@@H](C1CC1)N1Cc2cc(-c3cnc4n3CN(c3cn[nH]c3)C=C4N)cc(S(C)(=O)=O)c2C1=O. The van der Waals surface area contributed by atoms with Crippen molar-refractivity contribution >= 4 is 27.1 Å². The predicted molar refractivity (Wildman–Crippen MR) is 126 cm³/mol. The number of fused-ring (bicyclic) bond motifs is 2. The maximum Gasteiger partial charge on any atom is 0.256 e. The molecule has 0 unspecified atom stereocenters. The number of hydrogen-bond acceptors (Lipinski definition) is 7. The van der Waals surface area contributed by atoms with E-state index in [1.807, 2.05) is 20.4 Å². The Bertz CT molecular complexity index is 1450. The molecule has 4 heterocycles. The third-order valence-corrected chi connectivity index (χ3v) is 8.13. The van der Waals surface area contributed by atoms with Gasteiger partial charge in [-0.05, 0) is 43.4 Å². The van der Waals surface area contributed by atoms with Crippen molar-refractivity contribution in [1.29, 1.82) is 0 Å². The molecular formula is C23H25N7O3S. The second-order valence-electron chi connectivity index (χ2n) is 9.34. The molecule has 1 fully saturated rings. The molecule has 0 radical (unpaired) electrons. The van der Waals surface area contributed by atoms with Gasteiger partial charge in [0.15, 0.2) is 15.7 Å². The molecule has 3 N–H and O–H groups in total. The van der Waals surface area contributed by atoms with E-state index in [0.717, 1.165) is 36.0 Å². The van der Waals surface area contributed by atoms with Crippen LogP contribution in [0.5, 0.6) is 0 Å². The smallest absolute Gasteiger partial charge is 0.256 e. The van der Waals surface area contributed by atoms with E-state index in [-0.39, 0.29) is 16.8 Å². The lowest BCUT2D eigenvalue weighted by Crippen LogP contribution is -2.35. The minimum atomic E-state index is -3.64. The number of nitrogens with one attached hydrogen (secondary N) is 1. The Morgan fingerprint density at radius 3 is 2.71 bits per heavy atom. The van der Waals surface area contributed by atoms with Crippen LogP contribution in [0.2, 0.25) is 0 Å². The van der Waals surface area contributed by atoms with Crippen LogP contribution in [0.3, 0.4) is 0 Å². The van der Waals surface area contributed by atoms with E-state index in [4.69, 9.17) is 5.73 Å². The van der Waals surface area contributed by atoms with Crippen LogP contribution in [-0.2, 0) is 23.1 Å². The molecule has 2 aliphatic heterocycles. The van der Waals surface area contributed by atoms with Crippen molar-refractivity contribution in [2.75, 3.05) is 11.2 Å². The van der Waals surface area contributed by atoms with Crippen molar-refractivity contribution in [3.63, 3.8) is 0 Å². The number of imidazole rings is 1. The lowest BCUT2D eigenvalue weighted by Gasteiger charge is -2.27. The molecule has 1 aromatic carbocycles. The predicted octanol–water partition coefficient (Wildman–Crippen LogP) is 2.17. The summed E-state index contributed by atoms with van der Waals surface area (Å²) >= 11 is 0. The molecule has 176 valence electrons. The van der Waals surface area contributed by atoms with Gasteiger partial charge in [-0.25, -0.2) is 13.4 Å². The van der Waals surface area contributed by atoms with Gasteiger partial charge in [-0.1, -0.05) is 0 Å². The first-order valence-corrected chi connectivity index (χ1v) is 13.1. The fourth-order valence-electron chi connectivity index (χ4n) is 5.00. The van der Waals surface area contributed by atoms with Crippen LogP contribution >= 0.6 is 0 Å². The highest BCUT2D eigenvalue weighted by Gasteiger charge is 2.41. The van der Waals surface area contributed by atoms with E-state index in [2.05, 4.69) is 22.1 Å². The summed E-state index contributed by atoms with van der Waals surface area (Å²) in [4.78, 5) is 21.6. The molecule has 2 aromatic heterocycles. The largest absolute Gasteiger partial charge is 0.395 e. The van der Waals surface area contributed by atoms with E-state index in [1.54, 1.807) is 30.9 Å². The molecule has 6 rings (SSSR count). The number of aromatic nitrogens is 4. The summed E-state index contributed by atoms with van der Waals surface area (Å²) in [5, 5.41) is 6.80. The van der Waals surface area contributed by atoms with Crippen LogP contribution in [0, 0.1) is 5.92 Å². The van der Waals surface area contributed by atoms with Crippen molar-refractivity contribution in [2.24, 2.45) is 11.7 Å². The third-order valence-electron chi connectivity index (χ3n) is 7.01. The van der Waals surface area contributed by atoms with E-state index < -0.39 is 9.84 Å². The maximum absolute atomic E-state index is 13.3. The van der Waals surface area contributed by atoms with Crippen LogP contribution in [0.15, 0.2) is 41.8 Å². The van der Waals surface area contributed by atoms with Crippen molar-refractivity contribution in [2.45, 2.75) is 43.9 Å². The van der Waals surface area contributed by atoms with Crippen molar-refractivity contribution in [3.05, 3.63) is 53.9 Å². The van der Waals surface area contributed by atoms with E-state index in [0.29, 0.717) is 41.8 Å². The molecule has 34 heavy (non-hydrogen) atoms. The zero-order valence-corrected chi connectivity index (χ0v) is 19.7. The molecule has 10 nitrogen and oxygen atoms in total. The number of benzene rings is 1. The lowest BCUT2D eigenvalue weighted by atomic mass is 10.0. The number of nitrogens with zero attached hydrogens (tertiary/aromatic N) is 5. The van der Waals surface area contributed by atoms with Gasteiger partial charge in [0.1, 0.15) is 6.67 Å². The third kappa shape index (κ3) is 3.22. The van der Waals surface area contributed by atoms with Gasteiger partial charge in [-0.2, -0.15) is 5.10 Å². The summed E-state index contributed by atoms with van der Waals surface area (Å²) in [5.41, 5.74) is 10.1. The molecule has 11 heteroatoms. The quantitative estimate of drug-likeness (QED) is 0.573. The van der Waals surface area contributed by atoms with Crippen molar-refractivity contribution < 1.29 is 13.2 Å². The summed E-state index contributed by atoms with van der Waals surface area (Å²) in [5.74, 6) is 0.899. The van der Waals surface area contributed by atoms with Crippen molar-refractivity contribution in [3.8, 4) is 11.3 Å². The Labute approximate surface area is 197 Å². The van der Waals surface area contributed by atoms with Gasteiger partial charge in [0.25, 0.3) is 5.91 Å². The van der Waals surface area contributed by atoms with Crippen molar-refractivity contribution in [1.82, 2.24) is 24.6 Å². The van der Waals surface area contributed by atoms with Gasteiger partial charge in [0.05, 0.1) is 39.9 Å². The van der Waals surface area contributed by atoms with Gasteiger partial charge in [0.2, 0.25) is 0 Å². The molecule has 0 saturated heterocycles. The van der Waals surface area contributed by atoms with Crippen LogP contribution in [0.25, 0.3) is 17.0 Å². The fourth-order valence-corrected chi connectivity index (χ4v) is 5.93. The van der Waals surface area contributed by atoms with E-state index in [1.165, 1.54) is 0 Å². The molecule has 1 amide bonds. The molecule has 1 saturated carbocycles. The van der Waals surface area contributed by atoms with E-state index >= 15 is 0 Å². The monoisotopic (exact) mass is 479 g/mol. The normalized spacial score (nSPS) is 18.6. The first-order chi connectivity index (χ1) is 16.2. The second kappa shape index (κ2) is 7.20. The van der Waals surface area contributed by atoms with Gasteiger partial charge in [-0.15, -0.1) is 0 Å². The number of sulfone groups is 1. The number of nitrogens with two attached hydrogens (primary N) is 1. The van der Waals surface area contributed by atoms with Crippen LogP contribution in [0.4, 0.5) is 5.69 Å². The minimum absolute atomic E-state index is 0.0667. The Morgan fingerprint density at radius 2 is 2.03 bits per heavy atom. The zero-order chi connectivity index (χ0) is 23.8. The number of aromatic amines is 1. The average Bonchev–Trinajstić information content (AvgIpc) is 3.18. The Hall–Kier alpha value is -3.60. The van der Waals surface area contributed by atoms with Gasteiger partial charge in [-0.3, -0.25) is 9.89 Å². The summed E-state index contributed by atoms with van der Waals surface area (Å²) in [7, 11) is -3.64. The Balaban J connectivity index is 1.46. The number of amides is 1. The first kappa shape index (κ1) is 21.0. The van der Waals surface area contributed by atoms with Gasteiger partial charge >= 0.3 is 0 Å². The lowest BCUT2D eigenvalue weighted by molar-refractivity contribution is 0.0694.